The van der Waals surface area contributed by atoms with Crippen LogP contribution < -0.4 is 0 Å². The number of Topliss-reactive ketones (excluding diaryl/α,β-unsaturated/α-hetero) is 1. The maximum Gasteiger partial charge on any atom is 0.162 e. The number of hydrogen-bond acceptors (Lipinski definition) is 3. The lowest BCUT2D eigenvalue weighted by Gasteiger charge is -2.14. The normalized spacial score (nSPS) is 11.0. The number of carbonyl (C=O) groups is 1. The van der Waals surface area contributed by atoms with Crippen LogP contribution in [0.1, 0.15) is 34.7 Å². The summed E-state index contributed by atoms with van der Waals surface area (Å²) in [5, 5.41) is 0. The fourth-order valence-electron chi connectivity index (χ4n) is 2.20. The Morgan fingerprint density at radius 1 is 1.19 bits per heavy atom. The number of ketones is 1. The average molecular weight is 350 g/mol. The molecule has 0 spiro atoms. The number of aryl methyl sites for hydroxylation is 1. The van der Waals surface area contributed by atoms with Crippen LogP contribution in [0.4, 0.5) is 0 Å². The standard InChI is InChI=1S/C17H20BrNO2/c1-13-5-10-16(21-13)12-19(2)11-3-4-17(20)14-6-8-15(18)9-7-14/h5-10H,3-4,11-12H2,1-2H3. The number of furan rings is 1. The molecule has 4 heteroatoms. The molecule has 0 aliphatic rings. The minimum absolute atomic E-state index is 0.199. The molecule has 2 aromatic rings. The summed E-state index contributed by atoms with van der Waals surface area (Å²) in [6.45, 7) is 3.60. The van der Waals surface area contributed by atoms with E-state index in [9.17, 15) is 4.79 Å². The summed E-state index contributed by atoms with van der Waals surface area (Å²) in [7, 11) is 2.04. The molecule has 0 N–H and O–H groups in total. The summed E-state index contributed by atoms with van der Waals surface area (Å²) >= 11 is 3.37. The van der Waals surface area contributed by atoms with E-state index in [1.165, 1.54) is 0 Å². The highest BCUT2D eigenvalue weighted by Gasteiger charge is 2.08. The molecule has 1 heterocycles. The van der Waals surface area contributed by atoms with Gasteiger partial charge in [-0.3, -0.25) is 9.69 Å². The molecule has 1 aromatic heterocycles. The highest BCUT2D eigenvalue weighted by molar-refractivity contribution is 9.10. The van der Waals surface area contributed by atoms with E-state index in [1.54, 1.807) is 0 Å². The molecule has 0 amide bonds. The van der Waals surface area contributed by atoms with Gasteiger partial charge in [0.2, 0.25) is 0 Å². The Morgan fingerprint density at radius 3 is 2.52 bits per heavy atom. The first-order valence-electron chi connectivity index (χ1n) is 7.07. The van der Waals surface area contributed by atoms with Gasteiger partial charge in [0.15, 0.2) is 5.78 Å². The van der Waals surface area contributed by atoms with Gasteiger partial charge < -0.3 is 4.42 Å². The maximum atomic E-state index is 12.0. The monoisotopic (exact) mass is 349 g/mol. The van der Waals surface area contributed by atoms with Crippen molar-refractivity contribution >= 4 is 21.7 Å². The van der Waals surface area contributed by atoms with Crippen LogP contribution in [0.15, 0.2) is 45.3 Å². The van der Waals surface area contributed by atoms with Crippen LogP contribution >= 0.6 is 15.9 Å². The zero-order chi connectivity index (χ0) is 15.2. The number of rotatable bonds is 7. The molecular formula is C17H20BrNO2. The number of hydrogen-bond donors (Lipinski definition) is 0. The third-order valence-corrected chi connectivity index (χ3v) is 3.86. The predicted molar refractivity (Wildman–Crippen MR) is 87.5 cm³/mol. The lowest BCUT2D eigenvalue weighted by Crippen LogP contribution is -2.19. The van der Waals surface area contributed by atoms with Crippen LogP contribution in [0.2, 0.25) is 0 Å². The van der Waals surface area contributed by atoms with Gasteiger partial charge in [-0.25, -0.2) is 0 Å². The lowest BCUT2D eigenvalue weighted by atomic mass is 10.1. The Kier molecular flexibility index (Phi) is 5.76. The van der Waals surface area contributed by atoms with E-state index >= 15 is 0 Å². The molecule has 0 radical (unpaired) electrons. The predicted octanol–water partition coefficient (Wildman–Crippen LogP) is 4.45. The number of carbonyl (C=O) groups excluding carboxylic acids is 1. The second kappa shape index (κ2) is 7.57. The van der Waals surface area contributed by atoms with Gasteiger partial charge in [0.05, 0.1) is 6.54 Å². The molecule has 0 aliphatic heterocycles. The van der Waals surface area contributed by atoms with E-state index in [0.717, 1.165) is 41.1 Å². The quantitative estimate of drug-likeness (QED) is 0.692. The molecule has 0 fully saturated rings. The minimum atomic E-state index is 0.199. The van der Waals surface area contributed by atoms with E-state index in [-0.39, 0.29) is 5.78 Å². The third-order valence-electron chi connectivity index (χ3n) is 3.33. The third kappa shape index (κ3) is 5.14. The largest absolute Gasteiger partial charge is 0.465 e. The molecule has 0 aliphatic carbocycles. The Labute approximate surface area is 134 Å². The molecule has 21 heavy (non-hydrogen) atoms. The van der Waals surface area contributed by atoms with Gasteiger partial charge in [-0.15, -0.1) is 0 Å². The molecule has 1 aromatic carbocycles. The van der Waals surface area contributed by atoms with Crippen LogP contribution in [-0.2, 0) is 6.54 Å². The Balaban J connectivity index is 1.73. The van der Waals surface area contributed by atoms with Crippen LogP contribution in [0.25, 0.3) is 0 Å². The maximum absolute atomic E-state index is 12.0. The molecule has 2 rings (SSSR count). The Bertz CT molecular complexity index is 589. The average Bonchev–Trinajstić information content (AvgIpc) is 2.84. The zero-order valence-corrected chi connectivity index (χ0v) is 14.0. The lowest BCUT2D eigenvalue weighted by molar-refractivity contribution is 0.0975. The van der Waals surface area contributed by atoms with E-state index in [4.69, 9.17) is 4.42 Å². The zero-order valence-electron chi connectivity index (χ0n) is 12.4. The summed E-state index contributed by atoms with van der Waals surface area (Å²) in [6, 6.07) is 11.5. The number of nitrogens with zero attached hydrogens (tertiary/aromatic N) is 1. The molecule has 0 atom stereocenters. The van der Waals surface area contributed by atoms with Gasteiger partial charge in [0, 0.05) is 16.5 Å². The van der Waals surface area contributed by atoms with Crippen molar-refractivity contribution in [3.05, 3.63) is 58.0 Å². The highest BCUT2D eigenvalue weighted by Crippen LogP contribution is 2.13. The van der Waals surface area contributed by atoms with E-state index in [1.807, 2.05) is 50.4 Å². The summed E-state index contributed by atoms with van der Waals surface area (Å²) in [6.07, 6.45) is 1.42. The van der Waals surface area contributed by atoms with Gasteiger partial charge >= 0.3 is 0 Å². The molecule has 0 bridgehead atoms. The molecule has 0 unspecified atom stereocenters. The molecular weight excluding hydrogens is 330 g/mol. The van der Waals surface area contributed by atoms with Gasteiger partial charge in [-0.05, 0) is 51.2 Å². The summed E-state index contributed by atoms with van der Waals surface area (Å²) in [4.78, 5) is 14.2. The first-order chi connectivity index (χ1) is 10.0. The molecule has 0 saturated carbocycles. The van der Waals surface area contributed by atoms with Crippen molar-refractivity contribution in [2.24, 2.45) is 0 Å². The fourth-order valence-corrected chi connectivity index (χ4v) is 2.47. The van der Waals surface area contributed by atoms with Crippen molar-refractivity contribution < 1.29 is 9.21 Å². The van der Waals surface area contributed by atoms with Crippen molar-refractivity contribution in [3.63, 3.8) is 0 Å². The molecule has 112 valence electrons. The fraction of sp³-hybridized carbons (Fsp3) is 0.353. The topological polar surface area (TPSA) is 33.5 Å². The van der Waals surface area contributed by atoms with Crippen molar-refractivity contribution in [1.29, 1.82) is 0 Å². The first-order valence-corrected chi connectivity index (χ1v) is 7.86. The highest BCUT2D eigenvalue weighted by atomic mass is 79.9. The van der Waals surface area contributed by atoms with Crippen molar-refractivity contribution in [1.82, 2.24) is 4.90 Å². The van der Waals surface area contributed by atoms with E-state index in [0.29, 0.717) is 6.42 Å². The van der Waals surface area contributed by atoms with Crippen molar-refractivity contribution in [2.75, 3.05) is 13.6 Å². The Hall–Kier alpha value is -1.39. The second-order valence-corrected chi connectivity index (χ2v) is 6.20. The van der Waals surface area contributed by atoms with Gasteiger partial charge in [-0.2, -0.15) is 0 Å². The number of halogens is 1. The van der Waals surface area contributed by atoms with Crippen LogP contribution in [-0.4, -0.2) is 24.3 Å². The van der Waals surface area contributed by atoms with Crippen LogP contribution in [0.5, 0.6) is 0 Å². The molecule has 3 nitrogen and oxygen atoms in total. The van der Waals surface area contributed by atoms with Crippen molar-refractivity contribution in [3.8, 4) is 0 Å². The van der Waals surface area contributed by atoms with E-state index < -0.39 is 0 Å². The van der Waals surface area contributed by atoms with Gasteiger partial charge in [0.1, 0.15) is 11.5 Å². The second-order valence-electron chi connectivity index (χ2n) is 5.28. The van der Waals surface area contributed by atoms with E-state index in [2.05, 4.69) is 20.8 Å². The van der Waals surface area contributed by atoms with Crippen molar-refractivity contribution in [2.45, 2.75) is 26.3 Å². The van der Waals surface area contributed by atoms with Gasteiger partial charge in [0.25, 0.3) is 0 Å². The van der Waals surface area contributed by atoms with Crippen LogP contribution in [0.3, 0.4) is 0 Å². The Morgan fingerprint density at radius 2 is 1.90 bits per heavy atom. The SMILES string of the molecule is Cc1ccc(CN(C)CCCC(=O)c2ccc(Br)cc2)o1. The summed E-state index contributed by atoms with van der Waals surface area (Å²) in [5.74, 6) is 2.10. The van der Waals surface area contributed by atoms with Gasteiger partial charge in [-0.1, -0.05) is 28.1 Å². The smallest absolute Gasteiger partial charge is 0.162 e. The minimum Gasteiger partial charge on any atom is -0.465 e. The first kappa shape index (κ1) is 16.0. The summed E-state index contributed by atoms with van der Waals surface area (Å²) in [5.41, 5.74) is 0.780. The molecule has 0 saturated heterocycles. The van der Waals surface area contributed by atoms with Crippen LogP contribution in [0, 0.1) is 6.92 Å². The number of benzene rings is 1. The summed E-state index contributed by atoms with van der Waals surface area (Å²) < 4.78 is 6.54.